The molecule has 0 aromatic heterocycles. The monoisotopic (exact) mass is 176 g/mol. The minimum atomic E-state index is 0.182. The molecule has 2 bridgehead atoms. The summed E-state index contributed by atoms with van der Waals surface area (Å²) in [7, 11) is 0. The summed E-state index contributed by atoms with van der Waals surface area (Å²) >= 11 is 0. The molecule has 2 nitrogen and oxygen atoms in total. The van der Waals surface area contributed by atoms with Crippen LogP contribution in [0.2, 0.25) is 0 Å². The van der Waals surface area contributed by atoms with Crippen LogP contribution in [0.15, 0.2) is 0 Å². The van der Waals surface area contributed by atoms with Gasteiger partial charge in [-0.25, -0.2) is 0 Å². The van der Waals surface area contributed by atoms with E-state index in [0.717, 1.165) is 12.8 Å². The van der Waals surface area contributed by atoms with Gasteiger partial charge in [-0.1, -0.05) is 0 Å². The maximum absolute atomic E-state index is 11.7. The van der Waals surface area contributed by atoms with Crippen LogP contribution in [0.25, 0.3) is 0 Å². The number of Topliss-reactive ketones (excluding diaryl/α,β-unsaturated/α-hetero) is 2. The van der Waals surface area contributed by atoms with E-state index in [4.69, 9.17) is 0 Å². The lowest BCUT2D eigenvalue weighted by Gasteiger charge is -2.22. The minimum absolute atomic E-state index is 0.182. The van der Waals surface area contributed by atoms with Crippen LogP contribution in [0.4, 0.5) is 0 Å². The van der Waals surface area contributed by atoms with Crippen molar-refractivity contribution in [2.45, 2.75) is 19.3 Å². The highest BCUT2D eigenvalue weighted by Crippen LogP contribution is 2.68. The molecule has 2 heteroatoms. The number of fused-ring (bicyclic) bond motifs is 2. The summed E-state index contributed by atoms with van der Waals surface area (Å²) < 4.78 is 0. The fourth-order valence-electron chi connectivity index (χ4n) is 4.88. The van der Waals surface area contributed by atoms with Gasteiger partial charge in [0.1, 0.15) is 11.6 Å². The van der Waals surface area contributed by atoms with Gasteiger partial charge in [0.05, 0.1) is 0 Å². The van der Waals surface area contributed by atoms with Crippen molar-refractivity contribution in [3.8, 4) is 0 Å². The lowest BCUT2D eigenvalue weighted by atomic mass is 9.79. The van der Waals surface area contributed by atoms with Gasteiger partial charge in [-0.05, 0) is 30.1 Å². The first-order valence-corrected chi connectivity index (χ1v) is 5.33. The van der Waals surface area contributed by atoms with Crippen molar-refractivity contribution in [3.63, 3.8) is 0 Å². The third-order valence-corrected chi connectivity index (χ3v) is 5.12. The highest BCUT2D eigenvalue weighted by molar-refractivity contribution is 5.96. The number of rotatable bonds is 0. The van der Waals surface area contributed by atoms with Crippen LogP contribution < -0.4 is 0 Å². The van der Waals surface area contributed by atoms with Crippen LogP contribution in [0.1, 0.15) is 19.3 Å². The molecular weight excluding hydrogens is 164 g/mol. The summed E-state index contributed by atoms with van der Waals surface area (Å²) in [5, 5.41) is 0. The molecule has 4 fully saturated rings. The average Bonchev–Trinajstić information content (AvgIpc) is 2.67. The van der Waals surface area contributed by atoms with Gasteiger partial charge in [0.25, 0.3) is 0 Å². The molecule has 4 saturated carbocycles. The Hall–Kier alpha value is -0.660. The molecule has 0 aromatic rings. The number of carbonyl (C=O) groups excluding carboxylic acids is 2. The predicted molar refractivity (Wildman–Crippen MR) is 44.8 cm³/mol. The van der Waals surface area contributed by atoms with Gasteiger partial charge in [0, 0.05) is 24.7 Å². The molecule has 0 spiro atoms. The molecule has 0 heterocycles. The van der Waals surface area contributed by atoms with Crippen LogP contribution >= 0.6 is 0 Å². The van der Waals surface area contributed by atoms with Crippen molar-refractivity contribution in [2.75, 3.05) is 0 Å². The lowest BCUT2D eigenvalue weighted by Crippen LogP contribution is -2.26. The van der Waals surface area contributed by atoms with E-state index in [1.165, 1.54) is 6.42 Å². The first-order valence-electron chi connectivity index (χ1n) is 5.33. The summed E-state index contributed by atoms with van der Waals surface area (Å²) in [4.78, 5) is 23.4. The molecule has 6 atom stereocenters. The second kappa shape index (κ2) is 1.75. The summed E-state index contributed by atoms with van der Waals surface area (Å²) in [6.45, 7) is 0. The second-order valence-corrected chi connectivity index (χ2v) is 5.28. The van der Waals surface area contributed by atoms with Crippen LogP contribution in [-0.4, -0.2) is 11.6 Å². The van der Waals surface area contributed by atoms with Crippen molar-refractivity contribution in [1.82, 2.24) is 0 Å². The van der Waals surface area contributed by atoms with E-state index in [0.29, 0.717) is 35.2 Å². The Balaban J connectivity index is 1.94. The summed E-state index contributed by atoms with van der Waals surface area (Å²) in [6.07, 6.45) is 2.81. The van der Waals surface area contributed by atoms with Gasteiger partial charge >= 0.3 is 0 Å². The summed E-state index contributed by atoms with van der Waals surface area (Å²) in [5.41, 5.74) is 0. The first kappa shape index (κ1) is 6.74. The Morgan fingerprint density at radius 1 is 0.769 bits per heavy atom. The largest absolute Gasteiger partial charge is 0.299 e. The van der Waals surface area contributed by atoms with Gasteiger partial charge in [-0.3, -0.25) is 9.59 Å². The summed E-state index contributed by atoms with van der Waals surface area (Å²) in [6, 6.07) is 0. The zero-order chi connectivity index (χ0) is 8.74. The quantitative estimate of drug-likeness (QED) is 0.552. The molecule has 0 amide bonds. The Bertz CT molecular complexity index is 297. The van der Waals surface area contributed by atoms with E-state index in [1.807, 2.05) is 0 Å². The van der Waals surface area contributed by atoms with Crippen LogP contribution in [-0.2, 0) is 9.59 Å². The highest BCUT2D eigenvalue weighted by atomic mass is 16.1. The molecule has 4 aliphatic rings. The highest BCUT2D eigenvalue weighted by Gasteiger charge is 2.69. The summed E-state index contributed by atoms with van der Waals surface area (Å²) in [5.74, 6) is 3.67. The van der Waals surface area contributed by atoms with Crippen LogP contribution in [0.5, 0.6) is 0 Å². The van der Waals surface area contributed by atoms with Crippen molar-refractivity contribution < 1.29 is 9.59 Å². The molecule has 0 unspecified atom stereocenters. The predicted octanol–water partition coefficient (Wildman–Crippen LogP) is 1.05. The fraction of sp³-hybridized carbons (Fsp3) is 0.818. The maximum Gasteiger partial charge on any atom is 0.137 e. The van der Waals surface area contributed by atoms with Gasteiger partial charge in [0.15, 0.2) is 0 Å². The third kappa shape index (κ3) is 0.527. The zero-order valence-corrected chi connectivity index (χ0v) is 7.40. The van der Waals surface area contributed by atoms with E-state index < -0.39 is 0 Å². The van der Waals surface area contributed by atoms with E-state index in [9.17, 15) is 9.59 Å². The fourth-order valence-corrected chi connectivity index (χ4v) is 4.88. The van der Waals surface area contributed by atoms with Gasteiger partial charge in [0.2, 0.25) is 0 Å². The van der Waals surface area contributed by atoms with E-state index >= 15 is 0 Å². The zero-order valence-electron chi connectivity index (χ0n) is 7.40. The molecule has 0 radical (unpaired) electrons. The second-order valence-electron chi connectivity index (χ2n) is 5.28. The number of hydrogen-bond acceptors (Lipinski definition) is 2. The smallest absolute Gasteiger partial charge is 0.137 e. The Labute approximate surface area is 76.7 Å². The molecule has 4 aliphatic carbocycles. The van der Waals surface area contributed by atoms with E-state index in [-0.39, 0.29) is 11.8 Å². The topological polar surface area (TPSA) is 34.1 Å². The Morgan fingerprint density at radius 2 is 1.23 bits per heavy atom. The van der Waals surface area contributed by atoms with Crippen molar-refractivity contribution in [3.05, 3.63) is 0 Å². The van der Waals surface area contributed by atoms with Crippen LogP contribution in [0.3, 0.4) is 0 Å². The van der Waals surface area contributed by atoms with E-state index in [2.05, 4.69) is 0 Å². The lowest BCUT2D eigenvalue weighted by molar-refractivity contribution is -0.129. The first-order chi connectivity index (χ1) is 6.27. The van der Waals surface area contributed by atoms with E-state index in [1.54, 1.807) is 0 Å². The van der Waals surface area contributed by atoms with Gasteiger partial charge in [-0.15, -0.1) is 0 Å². The molecule has 0 aliphatic heterocycles. The molecule has 0 saturated heterocycles. The molecular formula is C11H12O2. The minimum Gasteiger partial charge on any atom is -0.299 e. The number of hydrogen-bond donors (Lipinski definition) is 0. The molecule has 0 N–H and O–H groups in total. The SMILES string of the molecule is O=C1C[C@@H]2[C@@H]3CC(=O)[C@@H]4[C@H]3C[C@H]2[C@@H]14. The average molecular weight is 176 g/mol. The Morgan fingerprint density at radius 3 is 1.69 bits per heavy atom. The number of ketones is 2. The van der Waals surface area contributed by atoms with Crippen molar-refractivity contribution >= 4 is 11.6 Å². The molecule has 13 heavy (non-hydrogen) atoms. The Kier molecular flexibility index (Phi) is 0.907. The third-order valence-electron chi connectivity index (χ3n) is 5.12. The number of carbonyl (C=O) groups is 2. The van der Waals surface area contributed by atoms with Gasteiger partial charge < -0.3 is 0 Å². The maximum atomic E-state index is 11.7. The standard InChI is InChI=1S/C11H12O2/c12-8-2-4-5-3-9(13)11-7(5)1-6(4)10(8)11/h4-7,10-11H,1-3H2/t4-,5+,6-,7+,10-,11-/m0/s1. The van der Waals surface area contributed by atoms with Crippen molar-refractivity contribution in [1.29, 1.82) is 0 Å². The van der Waals surface area contributed by atoms with Gasteiger partial charge in [-0.2, -0.15) is 0 Å². The molecule has 0 aromatic carbocycles. The normalized spacial score (nSPS) is 61.2. The van der Waals surface area contributed by atoms with Crippen LogP contribution in [0, 0.1) is 35.5 Å². The molecule has 4 rings (SSSR count). The van der Waals surface area contributed by atoms with Crippen molar-refractivity contribution in [2.24, 2.45) is 35.5 Å². The molecule has 68 valence electrons.